The normalized spacial score (nSPS) is 11.3. The summed E-state index contributed by atoms with van der Waals surface area (Å²) in [5.74, 6) is -1.60. The van der Waals surface area contributed by atoms with Gasteiger partial charge in [-0.1, -0.05) is 32.3 Å². The number of phenols is 1. The second kappa shape index (κ2) is 8.37. The molecule has 0 aliphatic heterocycles. The molecule has 0 saturated carbocycles. The van der Waals surface area contributed by atoms with Gasteiger partial charge in [0.25, 0.3) is 0 Å². The molecule has 2 aromatic rings. The smallest absolute Gasteiger partial charge is 0.347 e. The van der Waals surface area contributed by atoms with Gasteiger partial charge in [-0.15, -0.1) is 0 Å². The predicted octanol–water partition coefficient (Wildman–Crippen LogP) is 3.97. The Bertz CT molecular complexity index is 847. The molecule has 25 heavy (non-hydrogen) atoms. The van der Waals surface area contributed by atoms with E-state index in [0.717, 1.165) is 39.2 Å². The summed E-state index contributed by atoms with van der Waals surface area (Å²) < 4.78 is 9.81. The number of unbranched alkanes of at least 4 members (excludes halogenated alkanes) is 4. The Morgan fingerprint density at radius 2 is 2.00 bits per heavy atom. The van der Waals surface area contributed by atoms with Crippen LogP contribution in [-0.2, 0) is 4.74 Å². The molecule has 1 heterocycles. The van der Waals surface area contributed by atoms with Crippen molar-refractivity contribution in [1.82, 2.24) is 0 Å². The molecule has 6 nitrogen and oxygen atoms in total. The van der Waals surface area contributed by atoms with Crippen LogP contribution in [0.1, 0.15) is 54.9 Å². The van der Waals surface area contributed by atoms with Crippen molar-refractivity contribution in [2.75, 3.05) is 7.11 Å². The molecule has 0 amide bonds. The van der Waals surface area contributed by atoms with E-state index in [0.29, 0.717) is 0 Å². The molecule has 0 bridgehead atoms. The van der Waals surface area contributed by atoms with Crippen molar-refractivity contribution in [3.05, 3.63) is 39.8 Å². The summed E-state index contributed by atoms with van der Waals surface area (Å²) in [7, 11) is 1.16. The Morgan fingerprint density at radius 3 is 2.68 bits per heavy atom. The number of rotatable bonds is 7. The number of fused-ring (bicyclic) bond motifs is 1. The lowest BCUT2D eigenvalue weighted by molar-refractivity contribution is 0.0599. The van der Waals surface area contributed by atoms with Gasteiger partial charge in [0.15, 0.2) is 0 Å². The van der Waals surface area contributed by atoms with Crippen LogP contribution in [0.2, 0.25) is 0 Å². The quantitative estimate of drug-likeness (QED) is 0.447. The molecule has 0 fully saturated rings. The molecule has 0 aliphatic rings. The van der Waals surface area contributed by atoms with Crippen molar-refractivity contribution in [3.63, 3.8) is 0 Å². The summed E-state index contributed by atoms with van der Waals surface area (Å²) in [4.78, 5) is 24.0. The maximum absolute atomic E-state index is 12.1. The molecular weight excluding hydrogens is 324 g/mol. The van der Waals surface area contributed by atoms with Gasteiger partial charge >= 0.3 is 11.6 Å². The molecule has 6 heteroatoms. The molecule has 1 aromatic heterocycles. The zero-order chi connectivity index (χ0) is 18.4. The van der Waals surface area contributed by atoms with Gasteiger partial charge in [0.1, 0.15) is 28.2 Å². The first-order valence-electron chi connectivity index (χ1n) is 8.27. The van der Waals surface area contributed by atoms with E-state index in [1.54, 1.807) is 6.08 Å². The van der Waals surface area contributed by atoms with E-state index >= 15 is 0 Å². The number of esters is 1. The molecule has 0 atom stereocenters. The highest BCUT2D eigenvalue weighted by Gasteiger charge is 2.22. The second-order valence-corrected chi connectivity index (χ2v) is 5.73. The van der Waals surface area contributed by atoms with E-state index in [-0.39, 0.29) is 27.8 Å². The first-order valence-corrected chi connectivity index (χ1v) is 8.27. The molecule has 0 unspecified atom stereocenters. The van der Waals surface area contributed by atoms with Crippen LogP contribution in [0.25, 0.3) is 17.0 Å². The number of aromatic hydroxyl groups is 2. The van der Waals surface area contributed by atoms with Crippen LogP contribution in [-0.4, -0.2) is 23.3 Å². The number of carbonyl (C=O) groups is 1. The summed E-state index contributed by atoms with van der Waals surface area (Å²) >= 11 is 0. The zero-order valence-corrected chi connectivity index (χ0v) is 14.4. The fourth-order valence-corrected chi connectivity index (χ4v) is 2.62. The molecule has 1 aromatic carbocycles. The summed E-state index contributed by atoms with van der Waals surface area (Å²) in [6.45, 7) is 2.13. The van der Waals surface area contributed by atoms with E-state index in [1.165, 1.54) is 18.2 Å². The number of hydrogen-bond acceptors (Lipinski definition) is 6. The van der Waals surface area contributed by atoms with Gasteiger partial charge in [-0.2, -0.15) is 0 Å². The highest BCUT2D eigenvalue weighted by atomic mass is 16.5. The van der Waals surface area contributed by atoms with E-state index in [4.69, 9.17) is 4.42 Å². The van der Waals surface area contributed by atoms with E-state index in [9.17, 15) is 19.8 Å². The lowest BCUT2D eigenvalue weighted by Crippen LogP contribution is -2.08. The summed E-state index contributed by atoms with van der Waals surface area (Å²) in [6, 6.07) is 2.52. The second-order valence-electron chi connectivity index (χ2n) is 5.73. The van der Waals surface area contributed by atoms with E-state index in [1.807, 2.05) is 0 Å². The van der Waals surface area contributed by atoms with Crippen LogP contribution < -0.4 is 5.63 Å². The Labute approximate surface area is 145 Å². The Balaban J connectivity index is 2.47. The fraction of sp³-hybridized carbons (Fsp3) is 0.368. The topological polar surface area (TPSA) is 97.0 Å². The number of benzene rings is 1. The van der Waals surface area contributed by atoms with Crippen LogP contribution in [0.15, 0.2) is 27.4 Å². The van der Waals surface area contributed by atoms with Crippen molar-refractivity contribution in [3.8, 4) is 11.5 Å². The Kier molecular flexibility index (Phi) is 6.22. The van der Waals surface area contributed by atoms with Crippen LogP contribution in [0.3, 0.4) is 0 Å². The summed E-state index contributed by atoms with van der Waals surface area (Å²) in [5.41, 5.74) is -1.00. The molecular formula is C19H22O6. The third kappa shape index (κ3) is 4.02. The number of ether oxygens (including phenoxy) is 1. The van der Waals surface area contributed by atoms with Gasteiger partial charge in [-0.3, -0.25) is 0 Å². The Morgan fingerprint density at radius 1 is 1.24 bits per heavy atom. The van der Waals surface area contributed by atoms with E-state index < -0.39 is 17.3 Å². The van der Waals surface area contributed by atoms with Crippen LogP contribution in [0, 0.1) is 0 Å². The molecule has 134 valence electrons. The first kappa shape index (κ1) is 18.6. The van der Waals surface area contributed by atoms with Crippen LogP contribution in [0.4, 0.5) is 0 Å². The highest BCUT2D eigenvalue weighted by molar-refractivity contribution is 6.08. The summed E-state index contributed by atoms with van der Waals surface area (Å²) in [5, 5.41) is 20.4. The largest absolute Gasteiger partial charge is 0.507 e. The maximum Gasteiger partial charge on any atom is 0.347 e. The average molecular weight is 346 g/mol. The van der Waals surface area contributed by atoms with Crippen LogP contribution >= 0.6 is 0 Å². The van der Waals surface area contributed by atoms with Crippen molar-refractivity contribution in [2.24, 2.45) is 0 Å². The number of allylic oxidation sites excluding steroid dienone is 1. The molecule has 0 spiro atoms. The zero-order valence-electron chi connectivity index (χ0n) is 14.4. The monoisotopic (exact) mass is 346 g/mol. The van der Waals surface area contributed by atoms with Gasteiger partial charge in [-0.05, 0) is 31.1 Å². The predicted molar refractivity (Wildman–Crippen MR) is 94.9 cm³/mol. The third-order valence-electron chi connectivity index (χ3n) is 3.96. The van der Waals surface area contributed by atoms with Gasteiger partial charge in [0.05, 0.1) is 12.5 Å². The molecule has 2 N–H and O–H groups in total. The van der Waals surface area contributed by atoms with Crippen LogP contribution in [0.5, 0.6) is 11.5 Å². The van der Waals surface area contributed by atoms with Crippen molar-refractivity contribution >= 4 is 23.0 Å². The average Bonchev–Trinajstić information content (AvgIpc) is 2.60. The number of hydrogen-bond donors (Lipinski definition) is 2. The third-order valence-corrected chi connectivity index (χ3v) is 3.96. The van der Waals surface area contributed by atoms with Crippen molar-refractivity contribution < 1.29 is 24.2 Å². The fourth-order valence-electron chi connectivity index (χ4n) is 2.62. The summed E-state index contributed by atoms with van der Waals surface area (Å²) in [6.07, 6.45) is 8.40. The van der Waals surface area contributed by atoms with Gasteiger partial charge in [0.2, 0.25) is 0 Å². The molecule has 0 saturated heterocycles. The van der Waals surface area contributed by atoms with Gasteiger partial charge in [-0.25, -0.2) is 9.59 Å². The minimum absolute atomic E-state index is 0.000737. The molecule has 0 aliphatic carbocycles. The minimum atomic E-state index is -0.832. The number of phenolic OH excluding ortho intramolecular Hbond substituents is 1. The number of carbonyl (C=O) groups excluding carboxylic acids is 1. The van der Waals surface area contributed by atoms with Crippen molar-refractivity contribution in [1.29, 1.82) is 0 Å². The SMILES string of the molecule is CCCCCCC=Cc1c(O)c2c(C(=O)OC)c(O)ccc2oc1=O. The highest BCUT2D eigenvalue weighted by Crippen LogP contribution is 2.35. The standard InChI is InChI=1S/C19H22O6/c1-3-4-5-6-7-8-9-12-17(21)16-14(25-18(12)22)11-10-13(20)15(16)19(23)24-2/h8-11,20-21H,3-7H2,1-2H3. The lowest BCUT2D eigenvalue weighted by atomic mass is 10.0. The minimum Gasteiger partial charge on any atom is -0.507 e. The molecule has 2 rings (SSSR count). The van der Waals surface area contributed by atoms with E-state index in [2.05, 4.69) is 11.7 Å². The Hall–Kier alpha value is -2.76. The number of methoxy groups -OCH3 is 1. The van der Waals surface area contributed by atoms with Gasteiger partial charge in [0, 0.05) is 0 Å². The lowest BCUT2D eigenvalue weighted by Gasteiger charge is -2.09. The van der Waals surface area contributed by atoms with Crippen molar-refractivity contribution in [2.45, 2.75) is 39.0 Å². The molecule has 0 radical (unpaired) electrons. The maximum atomic E-state index is 12.1. The van der Waals surface area contributed by atoms with Gasteiger partial charge < -0.3 is 19.4 Å². The first-order chi connectivity index (χ1) is 12.0.